The van der Waals surface area contributed by atoms with Crippen LogP contribution in [0.15, 0.2) is 12.5 Å². The van der Waals surface area contributed by atoms with Crippen LogP contribution >= 0.6 is 0 Å². The molecule has 0 N–H and O–H groups in total. The minimum Gasteiger partial charge on any atom is -0.323 e. The van der Waals surface area contributed by atoms with Crippen LogP contribution < -0.4 is 0 Å². The molecule has 1 rings (SSSR count). The van der Waals surface area contributed by atoms with E-state index in [1.165, 1.54) is 5.69 Å². The molecule has 0 aliphatic rings. The van der Waals surface area contributed by atoms with E-state index in [1.807, 2.05) is 24.0 Å². The van der Waals surface area contributed by atoms with E-state index in [2.05, 4.69) is 23.7 Å². The van der Waals surface area contributed by atoms with Crippen molar-refractivity contribution in [3.63, 3.8) is 0 Å². The van der Waals surface area contributed by atoms with Crippen LogP contribution in [0.25, 0.3) is 0 Å². The van der Waals surface area contributed by atoms with Crippen molar-refractivity contribution in [1.29, 1.82) is 0 Å². The Hall–Kier alpha value is -1.23. The Kier molecular flexibility index (Phi) is 3.40. The summed E-state index contributed by atoms with van der Waals surface area (Å²) >= 11 is 0. The number of rotatable bonds is 2. The van der Waals surface area contributed by atoms with Crippen molar-refractivity contribution in [2.24, 2.45) is 0 Å². The van der Waals surface area contributed by atoms with Crippen LogP contribution in [0.4, 0.5) is 0 Å². The van der Waals surface area contributed by atoms with E-state index in [9.17, 15) is 0 Å². The topological polar surface area (TPSA) is 17.8 Å². The first-order valence-electron chi connectivity index (χ1n) is 4.27. The third-order valence-electron chi connectivity index (χ3n) is 1.67. The minimum absolute atomic E-state index is 0.770. The van der Waals surface area contributed by atoms with Crippen molar-refractivity contribution in [3.8, 4) is 11.8 Å². The third-order valence-corrected chi connectivity index (χ3v) is 1.67. The summed E-state index contributed by atoms with van der Waals surface area (Å²) in [5.74, 6) is 6.20. The van der Waals surface area contributed by atoms with Gasteiger partial charge in [0.25, 0.3) is 0 Å². The first-order valence-corrected chi connectivity index (χ1v) is 4.27. The van der Waals surface area contributed by atoms with Crippen molar-refractivity contribution in [2.45, 2.75) is 33.2 Å². The number of hydrogen-bond donors (Lipinski definition) is 0. The fourth-order valence-corrected chi connectivity index (χ4v) is 0.907. The molecule has 0 aliphatic carbocycles. The summed E-state index contributed by atoms with van der Waals surface area (Å²) in [7, 11) is 0. The van der Waals surface area contributed by atoms with Gasteiger partial charge in [0.05, 0.1) is 12.9 Å². The molecule has 12 heavy (non-hydrogen) atoms. The largest absolute Gasteiger partial charge is 0.323 e. The molecule has 0 spiro atoms. The predicted molar refractivity (Wildman–Crippen MR) is 49.6 cm³/mol. The highest BCUT2D eigenvalue weighted by molar-refractivity contribution is 5.03. The van der Waals surface area contributed by atoms with Gasteiger partial charge in [0.15, 0.2) is 0 Å². The van der Waals surface area contributed by atoms with Crippen LogP contribution in [0.1, 0.15) is 25.5 Å². The quantitative estimate of drug-likeness (QED) is 0.608. The van der Waals surface area contributed by atoms with E-state index in [1.54, 1.807) is 0 Å². The Balaban J connectivity index is 2.44. The molecule has 1 aromatic heterocycles. The number of nitrogens with zero attached hydrogens (tertiary/aromatic N) is 2. The number of hydrogen-bond acceptors (Lipinski definition) is 1. The van der Waals surface area contributed by atoms with E-state index < -0.39 is 0 Å². The number of aryl methyl sites for hydroxylation is 1. The molecule has 0 amide bonds. The highest BCUT2D eigenvalue weighted by Gasteiger charge is 1.90. The Bertz CT molecular complexity index is 288. The molecule has 2 nitrogen and oxygen atoms in total. The van der Waals surface area contributed by atoms with E-state index in [0.29, 0.717) is 0 Å². The number of aromatic nitrogens is 2. The van der Waals surface area contributed by atoms with Crippen LogP contribution in [0.2, 0.25) is 0 Å². The second-order valence-corrected chi connectivity index (χ2v) is 2.77. The summed E-state index contributed by atoms with van der Waals surface area (Å²) in [6.07, 6.45) is 5.79. The van der Waals surface area contributed by atoms with Crippen molar-refractivity contribution in [1.82, 2.24) is 9.55 Å². The zero-order valence-corrected chi connectivity index (χ0v) is 7.67. The smallest absolute Gasteiger partial charge is 0.0956 e. The van der Waals surface area contributed by atoms with E-state index in [-0.39, 0.29) is 0 Å². The van der Waals surface area contributed by atoms with Gasteiger partial charge in [-0.2, -0.15) is 0 Å². The molecule has 0 bridgehead atoms. The second-order valence-electron chi connectivity index (χ2n) is 2.77. The minimum atomic E-state index is 0.770. The normalized spacial score (nSPS) is 9.17. The molecule has 0 unspecified atom stereocenters. The molecular formula is C10H14N2. The maximum atomic E-state index is 4.02. The van der Waals surface area contributed by atoms with Gasteiger partial charge in [-0.25, -0.2) is 4.98 Å². The van der Waals surface area contributed by atoms with E-state index >= 15 is 0 Å². The average Bonchev–Trinajstić information content (AvgIpc) is 2.46. The molecular weight excluding hydrogens is 148 g/mol. The van der Waals surface area contributed by atoms with E-state index in [0.717, 1.165) is 19.4 Å². The van der Waals surface area contributed by atoms with Crippen LogP contribution in [0.3, 0.4) is 0 Å². The predicted octanol–water partition coefficient (Wildman–Crippen LogP) is 2.00. The maximum absolute atomic E-state index is 4.02. The van der Waals surface area contributed by atoms with Crippen LogP contribution in [0, 0.1) is 18.8 Å². The summed E-state index contributed by atoms with van der Waals surface area (Å²) < 4.78 is 2.04. The molecule has 2 heteroatoms. The fraction of sp³-hybridized carbons (Fsp3) is 0.500. The van der Waals surface area contributed by atoms with Gasteiger partial charge in [0.2, 0.25) is 0 Å². The second kappa shape index (κ2) is 4.61. The average molecular weight is 162 g/mol. The summed E-state index contributed by atoms with van der Waals surface area (Å²) in [6, 6.07) is 0. The number of unbranched alkanes of at least 4 members (excludes halogenated alkanes) is 1. The van der Waals surface area contributed by atoms with E-state index in [4.69, 9.17) is 0 Å². The van der Waals surface area contributed by atoms with Crippen molar-refractivity contribution < 1.29 is 0 Å². The molecule has 1 aromatic rings. The SMILES string of the molecule is CCCC#CCn1cncc1C. The van der Waals surface area contributed by atoms with Crippen LogP contribution in [-0.4, -0.2) is 9.55 Å². The van der Waals surface area contributed by atoms with Gasteiger partial charge < -0.3 is 4.57 Å². The summed E-state index contributed by atoms with van der Waals surface area (Å²) in [5.41, 5.74) is 1.17. The molecule has 0 aromatic carbocycles. The number of imidazole rings is 1. The standard InChI is InChI=1S/C10H14N2/c1-3-4-5-6-7-12-9-11-8-10(12)2/h8-9H,3-4,7H2,1-2H3. The van der Waals surface area contributed by atoms with Crippen LogP contribution in [-0.2, 0) is 6.54 Å². The van der Waals surface area contributed by atoms with Gasteiger partial charge in [-0.05, 0) is 13.3 Å². The highest BCUT2D eigenvalue weighted by Crippen LogP contribution is 1.94. The summed E-state index contributed by atoms with van der Waals surface area (Å²) in [5, 5.41) is 0. The van der Waals surface area contributed by atoms with Gasteiger partial charge in [-0.3, -0.25) is 0 Å². The van der Waals surface area contributed by atoms with Gasteiger partial charge in [0.1, 0.15) is 0 Å². The van der Waals surface area contributed by atoms with Crippen LogP contribution in [0.5, 0.6) is 0 Å². The van der Waals surface area contributed by atoms with Crippen molar-refractivity contribution in [2.75, 3.05) is 0 Å². The zero-order chi connectivity index (χ0) is 8.81. The Morgan fingerprint density at radius 1 is 1.50 bits per heavy atom. The highest BCUT2D eigenvalue weighted by atomic mass is 15.0. The third kappa shape index (κ3) is 2.43. The zero-order valence-electron chi connectivity index (χ0n) is 7.67. The van der Waals surface area contributed by atoms with Gasteiger partial charge >= 0.3 is 0 Å². The van der Waals surface area contributed by atoms with Crippen molar-refractivity contribution >= 4 is 0 Å². The lowest BCUT2D eigenvalue weighted by Crippen LogP contribution is -1.95. The molecule has 1 heterocycles. The maximum Gasteiger partial charge on any atom is 0.0956 e. The lowest BCUT2D eigenvalue weighted by Gasteiger charge is -1.95. The first-order chi connectivity index (χ1) is 5.84. The Morgan fingerprint density at radius 3 is 2.92 bits per heavy atom. The molecule has 0 atom stereocenters. The Morgan fingerprint density at radius 2 is 2.33 bits per heavy atom. The fourth-order valence-electron chi connectivity index (χ4n) is 0.907. The van der Waals surface area contributed by atoms with Gasteiger partial charge in [0, 0.05) is 18.3 Å². The molecule has 0 saturated heterocycles. The lowest BCUT2D eigenvalue weighted by atomic mass is 10.3. The molecule has 0 aliphatic heterocycles. The van der Waals surface area contributed by atoms with Gasteiger partial charge in [-0.1, -0.05) is 12.8 Å². The monoisotopic (exact) mass is 162 g/mol. The molecule has 0 fully saturated rings. The molecule has 64 valence electrons. The summed E-state index contributed by atoms with van der Waals surface area (Å²) in [4.78, 5) is 4.02. The Labute approximate surface area is 73.6 Å². The van der Waals surface area contributed by atoms with Gasteiger partial charge in [-0.15, -0.1) is 5.92 Å². The summed E-state index contributed by atoms with van der Waals surface area (Å²) in [6.45, 7) is 4.94. The molecule has 0 radical (unpaired) electrons. The molecule has 0 saturated carbocycles. The first kappa shape index (κ1) is 8.86. The lowest BCUT2D eigenvalue weighted by molar-refractivity contribution is 0.806. The van der Waals surface area contributed by atoms with Crippen molar-refractivity contribution in [3.05, 3.63) is 18.2 Å².